The maximum atomic E-state index is 6.82. The standard InChI is InChI=1S/C20H24N2/c21-19(18-6-5-16-3-1-2-4-17(16)22-18)20-10-13-7-14(11-20)9-15(8-13)12-20/h1-6,13-15,19H,7-12,21H2. The molecule has 0 radical (unpaired) electrons. The number of fused-ring (bicyclic) bond motifs is 1. The molecule has 4 fully saturated rings. The minimum atomic E-state index is 0.116. The monoisotopic (exact) mass is 292 g/mol. The number of nitrogens with two attached hydrogens (primary N) is 1. The summed E-state index contributed by atoms with van der Waals surface area (Å²) in [6.07, 6.45) is 8.43. The molecule has 2 heteroatoms. The molecule has 0 amide bonds. The lowest BCUT2D eigenvalue weighted by molar-refractivity contribution is -0.0684. The number of pyridine rings is 1. The molecule has 1 atom stereocenters. The average Bonchev–Trinajstić information content (AvgIpc) is 2.52. The molecule has 4 bridgehead atoms. The second kappa shape index (κ2) is 4.55. The van der Waals surface area contributed by atoms with E-state index >= 15 is 0 Å². The molecule has 2 nitrogen and oxygen atoms in total. The normalized spacial score (nSPS) is 37.6. The van der Waals surface area contributed by atoms with E-state index in [0.717, 1.165) is 29.0 Å². The van der Waals surface area contributed by atoms with Gasteiger partial charge >= 0.3 is 0 Å². The summed E-state index contributed by atoms with van der Waals surface area (Å²) in [5.41, 5.74) is 9.36. The van der Waals surface area contributed by atoms with Gasteiger partial charge < -0.3 is 5.73 Å². The van der Waals surface area contributed by atoms with Gasteiger partial charge in [-0.25, -0.2) is 0 Å². The van der Waals surface area contributed by atoms with Gasteiger partial charge in [-0.15, -0.1) is 0 Å². The van der Waals surface area contributed by atoms with Crippen LogP contribution in [0.4, 0.5) is 0 Å². The molecule has 2 aromatic rings. The molecule has 1 unspecified atom stereocenters. The average molecular weight is 292 g/mol. The number of hydrogen-bond donors (Lipinski definition) is 1. The Kier molecular flexibility index (Phi) is 2.70. The third-order valence-corrected chi connectivity index (χ3v) is 6.68. The highest BCUT2D eigenvalue weighted by Gasteiger charge is 2.53. The Morgan fingerprint density at radius 3 is 2.23 bits per heavy atom. The minimum absolute atomic E-state index is 0.116. The van der Waals surface area contributed by atoms with Gasteiger partial charge in [-0.05, 0) is 73.8 Å². The van der Waals surface area contributed by atoms with E-state index in [-0.39, 0.29) is 6.04 Å². The zero-order chi connectivity index (χ0) is 14.7. The lowest BCUT2D eigenvalue weighted by Gasteiger charge is -2.58. The van der Waals surface area contributed by atoms with E-state index in [4.69, 9.17) is 10.7 Å². The van der Waals surface area contributed by atoms with E-state index in [1.54, 1.807) is 0 Å². The topological polar surface area (TPSA) is 38.9 Å². The van der Waals surface area contributed by atoms with E-state index in [1.165, 1.54) is 43.9 Å². The first kappa shape index (κ1) is 13.1. The lowest BCUT2D eigenvalue weighted by atomic mass is 9.47. The highest BCUT2D eigenvalue weighted by atomic mass is 14.8. The molecule has 4 aliphatic carbocycles. The summed E-state index contributed by atoms with van der Waals surface area (Å²) in [4.78, 5) is 4.91. The number of benzene rings is 1. The van der Waals surface area contributed by atoms with Gasteiger partial charge in [0.05, 0.1) is 17.3 Å². The van der Waals surface area contributed by atoms with Crippen molar-refractivity contribution in [1.29, 1.82) is 0 Å². The number of para-hydroxylation sites is 1. The summed E-state index contributed by atoms with van der Waals surface area (Å²) in [7, 11) is 0. The van der Waals surface area contributed by atoms with Crippen LogP contribution in [-0.2, 0) is 0 Å². The third kappa shape index (κ3) is 1.86. The van der Waals surface area contributed by atoms with Crippen molar-refractivity contribution in [2.45, 2.75) is 44.6 Å². The van der Waals surface area contributed by atoms with Crippen molar-refractivity contribution in [2.24, 2.45) is 28.9 Å². The summed E-state index contributed by atoms with van der Waals surface area (Å²) in [6.45, 7) is 0. The van der Waals surface area contributed by atoms with Gasteiger partial charge in [0, 0.05) is 5.39 Å². The minimum Gasteiger partial charge on any atom is -0.322 e. The number of aromatic nitrogens is 1. The summed E-state index contributed by atoms with van der Waals surface area (Å²) in [5, 5.41) is 1.21. The SMILES string of the molecule is NC(c1ccc2ccccc2n1)C12CC3CC(CC(C3)C1)C2. The van der Waals surface area contributed by atoms with Crippen molar-refractivity contribution in [1.82, 2.24) is 4.98 Å². The third-order valence-electron chi connectivity index (χ3n) is 6.68. The Bertz CT molecular complexity index is 685. The van der Waals surface area contributed by atoms with Gasteiger partial charge in [0.2, 0.25) is 0 Å². The van der Waals surface area contributed by atoms with Gasteiger partial charge in [0.1, 0.15) is 0 Å². The Morgan fingerprint density at radius 2 is 1.55 bits per heavy atom. The molecule has 0 saturated heterocycles. The van der Waals surface area contributed by atoms with Crippen LogP contribution in [0, 0.1) is 23.2 Å². The molecule has 0 spiro atoms. The largest absolute Gasteiger partial charge is 0.322 e. The van der Waals surface area contributed by atoms with E-state index < -0.39 is 0 Å². The van der Waals surface area contributed by atoms with Crippen LogP contribution >= 0.6 is 0 Å². The summed E-state index contributed by atoms with van der Waals surface area (Å²) in [6, 6.07) is 12.8. The van der Waals surface area contributed by atoms with Gasteiger partial charge in [-0.3, -0.25) is 4.98 Å². The highest BCUT2D eigenvalue weighted by molar-refractivity contribution is 5.78. The summed E-state index contributed by atoms with van der Waals surface area (Å²) in [5.74, 6) is 2.83. The first-order valence-electron chi connectivity index (χ1n) is 8.83. The predicted molar refractivity (Wildman–Crippen MR) is 89.3 cm³/mol. The van der Waals surface area contributed by atoms with E-state index in [0.29, 0.717) is 5.41 Å². The molecule has 114 valence electrons. The Balaban J connectivity index is 1.53. The van der Waals surface area contributed by atoms with Crippen molar-refractivity contribution in [2.75, 3.05) is 0 Å². The molecule has 1 heterocycles. The van der Waals surface area contributed by atoms with Crippen molar-refractivity contribution in [3.63, 3.8) is 0 Å². The smallest absolute Gasteiger partial charge is 0.0706 e. The summed E-state index contributed by atoms with van der Waals surface area (Å²) < 4.78 is 0. The maximum absolute atomic E-state index is 6.82. The Hall–Kier alpha value is -1.41. The molecule has 0 aliphatic heterocycles. The zero-order valence-corrected chi connectivity index (χ0v) is 13.0. The van der Waals surface area contributed by atoms with E-state index in [9.17, 15) is 0 Å². The molecular formula is C20H24N2. The molecule has 1 aromatic carbocycles. The molecule has 22 heavy (non-hydrogen) atoms. The fourth-order valence-corrected chi connectivity index (χ4v) is 6.13. The molecule has 4 saturated carbocycles. The van der Waals surface area contributed by atoms with E-state index in [2.05, 4.69) is 36.4 Å². The van der Waals surface area contributed by atoms with Crippen LogP contribution in [0.15, 0.2) is 36.4 Å². The first-order chi connectivity index (χ1) is 10.7. The van der Waals surface area contributed by atoms with Crippen LogP contribution in [0.25, 0.3) is 10.9 Å². The second-order valence-corrected chi connectivity index (χ2v) is 8.19. The Labute approximate surface area is 132 Å². The molecule has 1 aromatic heterocycles. The first-order valence-corrected chi connectivity index (χ1v) is 8.83. The molecule has 2 N–H and O–H groups in total. The van der Waals surface area contributed by atoms with Gasteiger partial charge in [-0.1, -0.05) is 24.3 Å². The quantitative estimate of drug-likeness (QED) is 0.888. The fourth-order valence-electron chi connectivity index (χ4n) is 6.13. The van der Waals surface area contributed by atoms with Crippen molar-refractivity contribution in [3.8, 4) is 0 Å². The summed E-state index contributed by atoms with van der Waals surface area (Å²) >= 11 is 0. The van der Waals surface area contributed by atoms with Crippen LogP contribution in [-0.4, -0.2) is 4.98 Å². The van der Waals surface area contributed by atoms with Crippen molar-refractivity contribution < 1.29 is 0 Å². The zero-order valence-electron chi connectivity index (χ0n) is 13.0. The van der Waals surface area contributed by atoms with Crippen LogP contribution in [0.3, 0.4) is 0 Å². The number of hydrogen-bond acceptors (Lipinski definition) is 2. The van der Waals surface area contributed by atoms with Crippen LogP contribution in [0.1, 0.15) is 50.3 Å². The highest BCUT2D eigenvalue weighted by Crippen LogP contribution is 2.63. The maximum Gasteiger partial charge on any atom is 0.0706 e. The van der Waals surface area contributed by atoms with Gasteiger partial charge in [-0.2, -0.15) is 0 Å². The molecule has 4 aliphatic rings. The van der Waals surface area contributed by atoms with E-state index in [1.807, 2.05) is 0 Å². The van der Waals surface area contributed by atoms with Crippen molar-refractivity contribution in [3.05, 3.63) is 42.1 Å². The van der Waals surface area contributed by atoms with Crippen molar-refractivity contribution >= 4 is 10.9 Å². The van der Waals surface area contributed by atoms with Gasteiger partial charge in [0.25, 0.3) is 0 Å². The molecule has 6 rings (SSSR count). The lowest BCUT2D eigenvalue weighted by Crippen LogP contribution is -2.51. The number of nitrogens with zero attached hydrogens (tertiary/aromatic N) is 1. The predicted octanol–water partition coefficient (Wildman–Crippen LogP) is 4.45. The molecular weight excluding hydrogens is 268 g/mol. The second-order valence-electron chi connectivity index (χ2n) is 8.19. The fraction of sp³-hybridized carbons (Fsp3) is 0.550. The van der Waals surface area contributed by atoms with Crippen LogP contribution in [0.5, 0.6) is 0 Å². The number of rotatable bonds is 2. The van der Waals surface area contributed by atoms with Crippen LogP contribution in [0.2, 0.25) is 0 Å². The van der Waals surface area contributed by atoms with Gasteiger partial charge in [0.15, 0.2) is 0 Å². The van der Waals surface area contributed by atoms with Crippen LogP contribution < -0.4 is 5.73 Å². The Morgan fingerprint density at radius 1 is 0.909 bits per heavy atom.